The molecule has 0 atom stereocenters. The Labute approximate surface area is 96.6 Å². The average Bonchev–Trinajstić information content (AvgIpc) is 2.67. The van der Waals surface area contributed by atoms with Gasteiger partial charge in [0.25, 0.3) is 0 Å². The second-order valence-corrected chi connectivity index (χ2v) is 4.27. The van der Waals surface area contributed by atoms with E-state index < -0.39 is 0 Å². The highest BCUT2D eigenvalue weighted by Crippen LogP contribution is 2.17. The van der Waals surface area contributed by atoms with Gasteiger partial charge in [-0.15, -0.1) is 0 Å². The van der Waals surface area contributed by atoms with Gasteiger partial charge in [-0.05, 0) is 26.8 Å². The molecule has 5 nitrogen and oxygen atoms in total. The molecule has 0 spiro atoms. The largest absolute Gasteiger partial charge is 0.385 e. The molecule has 16 heavy (non-hydrogen) atoms. The number of nitrogens with zero attached hydrogens (tertiary/aromatic N) is 2. The Morgan fingerprint density at radius 2 is 2.19 bits per heavy atom. The van der Waals surface area contributed by atoms with Crippen LogP contribution >= 0.6 is 0 Å². The fourth-order valence-electron chi connectivity index (χ4n) is 1.50. The number of rotatable bonds is 7. The lowest BCUT2D eigenvalue weighted by Gasteiger charge is -2.20. The lowest BCUT2D eigenvalue weighted by Crippen LogP contribution is -2.36. The van der Waals surface area contributed by atoms with E-state index in [9.17, 15) is 0 Å². The lowest BCUT2D eigenvalue weighted by atomic mass is 10.1. The van der Waals surface area contributed by atoms with E-state index in [4.69, 9.17) is 9.26 Å². The summed E-state index contributed by atoms with van der Waals surface area (Å²) >= 11 is 0. The number of ether oxygens (including phenoxy) is 1. The molecule has 0 saturated carbocycles. The monoisotopic (exact) mass is 227 g/mol. The zero-order valence-corrected chi connectivity index (χ0v) is 10.5. The number of hydrogen-bond donors (Lipinski definition) is 1. The summed E-state index contributed by atoms with van der Waals surface area (Å²) < 4.78 is 10.2. The van der Waals surface area contributed by atoms with Crippen molar-refractivity contribution in [1.82, 2.24) is 15.5 Å². The van der Waals surface area contributed by atoms with Crippen molar-refractivity contribution in [3.05, 3.63) is 11.7 Å². The SMILES string of the molecule is CCNC(C)(C)c1nc(CCCOC)no1. The first-order valence-electron chi connectivity index (χ1n) is 5.67. The van der Waals surface area contributed by atoms with Gasteiger partial charge in [0.05, 0.1) is 5.54 Å². The predicted octanol–water partition coefficient (Wildman–Crippen LogP) is 1.49. The molecule has 0 unspecified atom stereocenters. The zero-order chi connectivity index (χ0) is 12.0. The van der Waals surface area contributed by atoms with Gasteiger partial charge in [-0.2, -0.15) is 4.98 Å². The maximum atomic E-state index is 5.25. The van der Waals surface area contributed by atoms with Crippen molar-refractivity contribution < 1.29 is 9.26 Å². The minimum Gasteiger partial charge on any atom is -0.385 e. The second kappa shape index (κ2) is 5.96. The standard InChI is InChI=1S/C11H21N3O2/c1-5-12-11(2,3)10-13-9(14-16-10)7-6-8-15-4/h12H,5-8H2,1-4H3. The normalized spacial score (nSPS) is 12.0. The molecule has 0 aromatic carbocycles. The van der Waals surface area contributed by atoms with Gasteiger partial charge >= 0.3 is 0 Å². The lowest BCUT2D eigenvalue weighted by molar-refractivity contribution is 0.194. The Balaban J connectivity index is 2.56. The Morgan fingerprint density at radius 1 is 1.44 bits per heavy atom. The quantitative estimate of drug-likeness (QED) is 0.715. The summed E-state index contributed by atoms with van der Waals surface area (Å²) in [6.07, 6.45) is 1.71. The van der Waals surface area contributed by atoms with Crippen molar-refractivity contribution >= 4 is 0 Å². The summed E-state index contributed by atoms with van der Waals surface area (Å²) in [4.78, 5) is 4.38. The first kappa shape index (κ1) is 13.1. The smallest absolute Gasteiger partial charge is 0.246 e. The third-order valence-corrected chi connectivity index (χ3v) is 2.37. The fourth-order valence-corrected chi connectivity index (χ4v) is 1.50. The van der Waals surface area contributed by atoms with Crippen LogP contribution in [-0.4, -0.2) is 30.4 Å². The highest BCUT2D eigenvalue weighted by molar-refractivity contribution is 4.99. The number of nitrogens with one attached hydrogen (secondary N) is 1. The number of methoxy groups -OCH3 is 1. The van der Waals surface area contributed by atoms with E-state index in [1.165, 1.54) is 0 Å². The van der Waals surface area contributed by atoms with Gasteiger partial charge in [-0.25, -0.2) is 0 Å². The predicted molar refractivity (Wildman–Crippen MR) is 61.2 cm³/mol. The van der Waals surface area contributed by atoms with Crippen molar-refractivity contribution in [1.29, 1.82) is 0 Å². The van der Waals surface area contributed by atoms with E-state index in [-0.39, 0.29) is 5.54 Å². The van der Waals surface area contributed by atoms with Crippen molar-refractivity contribution in [2.75, 3.05) is 20.3 Å². The zero-order valence-electron chi connectivity index (χ0n) is 10.5. The van der Waals surface area contributed by atoms with Crippen LogP contribution in [0.5, 0.6) is 0 Å². The van der Waals surface area contributed by atoms with Gasteiger partial charge in [-0.3, -0.25) is 0 Å². The summed E-state index contributed by atoms with van der Waals surface area (Å²) in [6.45, 7) is 7.71. The van der Waals surface area contributed by atoms with Crippen molar-refractivity contribution in [2.24, 2.45) is 0 Å². The molecule has 92 valence electrons. The molecule has 1 N–H and O–H groups in total. The first-order chi connectivity index (χ1) is 7.60. The van der Waals surface area contributed by atoms with Gasteiger partial charge in [0, 0.05) is 20.1 Å². The molecule has 5 heteroatoms. The molecular formula is C11H21N3O2. The fraction of sp³-hybridized carbons (Fsp3) is 0.818. The average molecular weight is 227 g/mol. The van der Waals surface area contributed by atoms with Crippen LogP contribution in [0.1, 0.15) is 38.9 Å². The summed E-state index contributed by atoms with van der Waals surface area (Å²) in [6, 6.07) is 0. The van der Waals surface area contributed by atoms with E-state index in [0.717, 1.165) is 31.8 Å². The molecule has 1 aromatic rings. The van der Waals surface area contributed by atoms with Crippen LogP contribution in [0, 0.1) is 0 Å². The molecule has 1 rings (SSSR count). The summed E-state index contributed by atoms with van der Waals surface area (Å²) in [7, 11) is 1.69. The maximum Gasteiger partial charge on any atom is 0.246 e. The molecule has 0 bridgehead atoms. The number of hydrogen-bond acceptors (Lipinski definition) is 5. The van der Waals surface area contributed by atoms with Crippen molar-refractivity contribution in [3.63, 3.8) is 0 Å². The molecule has 1 heterocycles. The van der Waals surface area contributed by atoms with Gasteiger partial charge < -0.3 is 14.6 Å². The Morgan fingerprint density at radius 3 is 2.81 bits per heavy atom. The third kappa shape index (κ3) is 3.57. The van der Waals surface area contributed by atoms with Crippen LogP contribution < -0.4 is 5.32 Å². The molecule has 0 aliphatic rings. The Bertz CT molecular complexity index is 310. The highest BCUT2D eigenvalue weighted by atomic mass is 16.5. The summed E-state index contributed by atoms with van der Waals surface area (Å²) in [5.41, 5.74) is -0.263. The van der Waals surface area contributed by atoms with Crippen molar-refractivity contribution in [3.8, 4) is 0 Å². The topological polar surface area (TPSA) is 60.2 Å². The Hall–Kier alpha value is -0.940. The summed E-state index contributed by atoms with van der Waals surface area (Å²) in [5, 5.41) is 7.25. The van der Waals surface area contributed by atoms with Gasteiger partial charge in [-0.1, -0.05) is 12.1 Å². The van der Waals surface area contributed by atoms with Crippen molar-refractivity contribution in [2.45, 2.75) is 39.2 Å². The molecule has 0 aliphatic heterocycles. The van der Waals surface area contributed by atoms with Crippen LogP contribution in [0.4, 0.5) is 0 Å². The minimum atomic E-state index is -0.263. The van der Waals surface area contributed by atoms with Gasteiger partial charge in [0.2, 0.25) is 5.89 Å². The van der Waals surface area contributed by atoms with Crippen LogP contribution in [-0.2, 0) is 16.7 Å². The van der Waals surface area contributed by atoms with E-state index in [1.54, 1.807) is 7.11 Å². The van der Waals surface area contributed by atoms with Crippen LogP contribution in [0.15, 0.2) is 4.52 Å². The summed E-state index contributed by atoms with van der Waals surface area (Å²) in [5.74, 6) is 1.39. The first-order valence-corrected chi connectivity index (χ1v) is 5.67. The molecule has 0 aliphatic carbocycles. The minimum absolute atomic E-state index is 0.263. The molecule has 0 fully saturated rings. The van der Waals surface area contributed by atoms with Crippen LogP contribution in [0.2, 0.25) is 0 Å². The Kier molecular flexibility index (Phi) is 4.89. The number of aromatic nitrogens is 2. The number of aryl methyl sites for hydroxylation is 1. The van der Waals surface area contributed by atoms with Gasteiger partial charge in [0.15, 0.2) is 5.82 Å². The molecular weight excluding hydrogens is 206 g/mol. The highest BCUT2D eigenvalue weighted by Gasteiger charge is 2.26. The maximum absolute atomic E-state index is 5.25. The third-order valence-electron chi connectivity index (χ3n) is 2.37. The molecule has 1 aromatic heterocycles. The molecule has 0 amide bonds. The van der Waals surface area contributed by atoms with Crippen LogP contribution in [0.3, 0.4) is 0 Å². The van der Waals surface area contributed by atoms with E-state index in [2.05, 4.69) is 22.4 Å². The van der Waals surface area contributed by atoms with E-state index >= 15 is 0 Å². The molecule has 0 saturated heterocycles. The van der Waals surface area contributed by atoms with Gasteiger partial charge in [0.1, 0.15) is 0 Å². The van der Waals surface area contributed by atoms with Crippen LogP contribution in [0.25, 0.3) is 0 Å². The second-order valence-electron chi connectivity index (χ2n) is 4.27. The molecule has 0 radical (unpaired) electrons. The van der Waals surface area contributed by atoms with E-state index in [1.807, 2.05) is 13.8 Å². The van der Waals surface area contributed by atoms with E-state index in [0.29, 0.717) is 5.89 Å².